The van der Waals surface area contributed by atoms with Crippen LogP contribution in [-0.2, 0) is 11.3 Å². The van der Waals surface area contributed by atoms with Crippen LogP contribution in [0.2, 0.25) is 0 Å². The predicted molar refractivity (Wildman–Crippen MR) is 73.8 cm³/mol. The van der Waals surface area contributed by atoms with E-state index in [4.69, 9.17) is 4.74 Å². The number of nitro groups is 1. The quantitative estimate of drug-likeness (QED) is 0.477. The lowest BCUT2D eigenvalue weighted by atomic mass is 10.2. The number of nitrogens with zero attached hydrogens (tertiary/aromatic N) is 3. The molecule has 7 nitrogen and oxygen atoms in total. The molecule has 8 heteroatoms. The van der Waals surface area contributed by atoms with Gasteiger partial charge in [0.15, 0.2) is 0 Å². The first-order valence-corrected chi connectivity index (χ1v) is 6.30. The second-order valence-corrected chi connectivity index (χ2v) is 4.31. The van der Waals surface area contributed by atoms with Gasteiger partial charge in [-0.05, 0) is 12.1 Å². The molecule has 0 fully saturated rings. The molecule has 1 aromatic carbocycles. The SMILES string of the molecule is COCCNCc1ccn(-c2cc([N+](=O)[O-])ccc2F)n1. The van der Waals surface area contributed by atoms with E-state index in [1.807, 2.05) is 0 Å². The van der Waals surface area contributed by atoms with E-state index in [2.05, 4.69) is 10.4 Å². The molecular formula is C13H15FN4O3. The Morgan fingerprint density at radius 2 is 2.29 bits per heavy atom. The van der Waals surface area contributed by atoms with Gasteiger partial charge in [0.25, 0.3) is 5.69 Å². The van der Waals surface area contributed by atoms with Crippen LogP contribution in [0.1, 0.15) is 5.69 Å². The Morgan fingerprint density at radius 3 is 3.00 bits per heavy atom. The average molecular weight is 294 g/mol. The molecule has 0 bridgehead atoms. The van der Waals surface area contributed by atoms with E-state index in [9.17, 15) is 14.5 Å². The number of non-ortho nitro benzene ring substituents is 1. The van der Waals surface area contributed by atoms with E-state index < -0.39 is 10.7 Å². The maximum atomic E-state index is 13.8. The minimum Gasteiger partial charge on any atom is -0.383 e. The van der Waals surface area contributed by atoms with Crippen LogP contribution in [0.25, 0.3) is 5.69 Å². The molecule has 2 aromatic rings. The molecule has 1 N–H and O–H groups in total. The number of halogens is 1. The smallest absolute Gasteiger partial charge is 0.271 e. The van der Waals surface area contributed by atoms with E-state index in [0.717, 1.165) is 18.2 Å². The first-order chi connectivity index (χ1) is 10.1. The second-order valence-electron chi connectivity index (χ2n) is 4.31. The van der Waals surface area contributed by atoms with Crippen LogP contribution in [0.3, 0.4) is 0 Å². The number of benzene rings is 1. The van der Waals surface area contributed by atoms with Crippen molar-refractivity contribution in [3.63, 3.8) is 0 Å². The van der Waals surface area contributed by atoms with Crippen LogP contribution in [0, 0.1) is 15.9 Å². The van der Waals surface area contributed by atoms with Gasteiger partial charge in [0.1, 0.15) is 11.5 Å². The Balaban J connectivity index is 2.13. The van der Waals surface area contributed by atoms with Crippen LogP contribution >= 0.6 is 0 Å². The third-order valence-corrected chi connectivity index (χ3v) is 2.82. The predicted octanol–water partition coefficient (Wildman–Crippen LogP) is 1.66. The topological polar surface area (TPSA) is 82.2 Å². The summed E-state index contributed by atoms with van der Waals surface area (Å²) in [5.74, 6) is -0.567. The lowest BCUT2D eigenvalue weighted by molar-refractivity contribution is -0.384. The van der Waals surface area contributed by atoms with Crippen molar-refractivity contribution in [1.29, 1.82) is 0 Å². The van der Waals surface area contributed by atoms with Gasteiger partial charge in [0, 0.05) is 38.5 Å². The van der Waals surface area contributed by atoms with Gasteiger partial charge in [-0.2, -0.15) is 5.10 Å². The summed E-state index contributed by atoms with van der Waals surface area (Å²) >= 11 is 0. The van der Waals surface area contributed by atoms with Gasteiger partial charge in [-0.1, -0.05) is 0 Å². The van der Waals surface area contributed by atoms with Gasteiger partial charge < -0.3 is 10.1 Å². The summed E-state index contributed by atoms with van der Waals surface area (Å²) in [5, 5.41) is 18.0. The number of methoxy groups -OCH3 is 1. The number of aromatic nitrogens is 2. The number of ether oxygens (including phenoxy) is 1. The lowest BCUT2D eigenvalue weighted by Crippen LogP contribution is -2.18. The Bertz CT molecular complexity index is 630. The molecule has 0 aliphatic rings. The first-order valence-electron chi connectivity index (χ1n) is 6.30. The highest BCUT2D eigenvalue weighted by Gasteiger charge is 2.13. The average Bonchev–Trinajstić information content (AvgIpc) is 2.92. The van der Waals surface area contributed by atoms with Crippen molar-refractivity contribution in [2.45, 2.75) is 6.54 Å². The summed E-state index contributed by atoms with van der Waals surface area (Å²) in [6.07, 6.45) is 1.56. The van der Waals surface area contributed by atoms with E-state index in [-0.39, 0.29) is 11.4 Å². The Hall–Kier alpha value is -2.32. The Kier molecular flexibility index (Phi) is 4.96. The van der Waals surface area contributed by atoms with Crippen molar-refractivity contribution in [1.82, 2.24) is 15.1 Å². The number of hydrogen-bond donors (Lipinski definition) is 1. The summed E-state index contributed by atoms with van der Waals surface area (Å²) < 4.78 is 20.0. The molecule has 0 aliphatic heterocycles. The van der Waals surface area contributed by atoms with Crippen LogP contribution in [0.15, 0.2) is 30.5 Å². The van der Waals surface area contributed by atoms with Crippen LogP contribution < -0.4 is 5.32 Å². The summed E-state index contributed by atoms with van der Waals surface area (Å²) in [5.41, 5.74) is 0.575. The van der Waals surface area contributed by atoms with Gasteiger partial charge in [-0.25, -0.2) is 9.07 Å². The van der Waals surface area contributed by atoms with E-state index >= 15 is 0 Å². The highest BCUT2D eigenvalue weighted by molar-refractivity contribution is 5.43. The minimum absolute atomic E-state index is 0.0485. The highest BCUT2D eigenvalue weighted by Crippen LogP contribution is 2.20. The molecule has 0 atom stereocenters. The van der Waals surface area contributed by atoms with Gasteiger partial charge in [-0.15, -0.1) is 0 Å². The third kappa shape index (κ3) is 3.83. The summed E-state index contributed by atoms with van der Waals surface area (Å²) in [6.45, 7) is 1.77. The standard InChI is InChI=1S/C13H15FN4O3/c1-21-7-5-15-9-10-4-6-17(16-10)13-8-11(18(19)20)2-3-12(13)14/h2-4,6,8,15H,5,7,9H2,1H3. The summed E-state index contributed by atoms with van der Waals surface area (Å²) in [4.78, 5) is 10.2. The van der Waals surface area contributed by atoms with Gasteiger partial charge in [0.2, 0.25) is 0 Å². The van der Waals surface area contributed by atoms with Crippen LogP contribution in [-0.4, -0.2) is 35.0 Å². The van der Waals surface area contributed by atoms with Crippen LogP contribution in [0.5, 0.6) is 0 Å². The first kappa shape index (κ1) is 15.1. The Labute approximate surface area is 120 Å². The zero-order chi connectivity index (χ0) is 15.2. The third-order valence-electron chi connectivity index (χ3n) is 2.82. The largest absolute Gasteiger partial charge is 0.383 e. The molecule has 1 aromatic heterocycles. The fraction of sp³-hybridized carbons (Fsp3) is 0.308. The zero-order valence-corrected chi connectivity index (χ0v) is 11.5. The zero-order valence-electron chi connectivity index (χ0n) is 11.5. The molecule has 112 valence electrons. The summed E-state index contributed by atoms with van der Waals surface area (Å²) in [6, 6.07) is 5.06. The van der Waals surface area contributed by atoms with Gasteiger partial charge in [-0.3, -0.25) is 10.1 Å². The number of nitrogens with one attached hydrogen (secondary N) is 1. The molecule has 0 aliphatic carbocycles. The van der Waals surface area contributed by atoms with Crippen molar-refractivity contribution in [2.24, 2.45) is 0 Å². The summed E-state index contributed by atoms with van der Waals surface area (Å²) in [7, 11) is 1.61. The molecule has 21 heavy (non-hydrogen) atoms. The molecule has 1 heterocycles. The highest BCUT2D eigenvalue weighted by atomic mass is 19.1. The number of nitro benzene ring substituents is 1. The van der Waals surface area contributed by atoms with Gasteiger partial charge >= 0.3 is 0 Å². The minimum atomic E-state index is -0.570. The number of hydrogen-bond acceptors (Lipinski definition) is 5. The lowest BCUT2D eigenvalue weighted by Gasteiger charge is -2.03. The van der Waals surface area contributed by atoms with Crippen molar-refractivity contribution in [3.8, 4) is 5.69 Å². The Morgan fingerprint density at radius 1 is 1.48 bits per heavy atom. The molecule has 0 saturated carbocycles. The molecule has 0 unspecified atom stereocenters. The van der Waals surface area contributed by atoms with Crippen molar-refractivity contribution in [3.05, 3.63) is 52.1 Å². The van der Waals surface area contributed by atoms with Gasteiger partial charge in [0.05, 0.1) is 17.2 Å². The normalized spacial score (nSPS) is 10.8. The number of rotatable bonds is 7. The van der Waals surface area contributed by atoms with Crippen molar-refractivity contribution in [2.75, 3.05) is 20.3 Å². The molecule has 0 radical (unpaired) electrons. The fourth-order valence-corrected chi connectivity index (χ4v) is 1.77. The monoisotopic (exact) mass is 294 g/mol. The van der Waals surface area contributed by atoms with Crippen molar-refractivity contribution < 1.29 is 14.1 Å². The van der Waals surface area contributed by atoms with E-state index in [1.54, 1.807) is 19.4 Å². The van der Waals surface area contributed by atoms with E-state index in [0.29, 0.717) is 25.4 Å². The second kappa shape index (κ2) is 6.91. The molecule has 0 amide bonds. The van der Waals surface area contributed by atoms with Crippen molar-refractivity contribution >= 4 is 5.69 Å². The molecule has 2 rings (SSSR count). The van der Waals surface area contributed by atoms with E-state index in [1.165, 1.54) is 4.68 Å². The van der Waals surface area contributed by atoms with Crippen LogP contribution in [0.4, 0.5) is 10.1 Å². The maximum Gasteiger partial charge on any atom is 0.271 e. The maximum absolute atomic E-state index is 13.8. The molecular weight excluding hydrogens is 279 g/mol. The fourth-order valence-electron chi connectivity index (χ4n) is 1.77. The molecule has 0 saturated heterocycles. The molecule has 0 spiro atoms.